The first kappa shape index (κ1) is 20.7. The number of benzene rings is 2. The van der Waals surface area contributed by atoms with Crippen LogP contribution in [0.5, 0.6) is 0 Å². The molecule has 0 radical (unpaired) electrons. The third-order valence-corrected chi connectivity index (χ3v) is 4.83. The van der Waals surface area contributed by atoms with Crippen LogP contribution >= 0.6 is 11.8 Å². The van der Waals surface area contributed by atoms with Crippen LogP contribution in [0.2, 0.25) is 0 Å². The molecule has 2 aromatic carbocycles. The Morgan fingerprint density at radius 1 is 0.963 bits per heavy atom. The Morgan fingerprint density at radius 3 is 2.22 bits per heavy atom. The molecule has 0 unspecified atom stereocenters. The lowest BCUT2D eigenvalue weighted by molar-refractivity contribution is -0.119. The first-order chi connectivity index (χ1) is 12.9. The van der Waals surface area contributed by atoms with E-state index in [1.165, 1.54) is 6.07 Å². The zero-order valence-corrected chi connectivity index (χ0v) is 15.9. The Bertz CT molecular complexity index is 796. The molecule has 0 aliphatic heterocycles. The minimum atomic E-state index is -0.970. The van der Waals surface area contributed by atoms with Crippen molar-refractivity contribution in [1.29, 1.82) is 0 Å². The van der Waals surface area contributed by atoms with Crippen molar-refractivity contribution in [3.63, 3.8) is 0 Å². The maximum Gasteiger partial charge on any atom is 0.269 e. The molecule has 5 nitrogen and oxygen atoms in total. The number of carbonyl (C=O) groups excluding carboxylic acids is 2. The maximum atomic E-state index is 13.1. The van der Waals surface area contributed by atoms with Crippen LogP contribution in [0.1, 0.15) is 24.2 Å². The zero-order chi connectivity index (χ0) is 19.8. The lowest BCUT2D eigenvalue weighted by Crippen LogP contribution is -2.42. The van der Waals surface area contributed by atoms with E-state index in [0.29, 0.717) is 10.5 Å². The van der Waals surface area contributed by atoms with Crippen molar-refractivity contribution in [2.75, 3.05) is 23.7 Å². The zero-order valence-electron chi connectivity index (χ0n) is 15.1. The van der Waals surface area contributed by atoms with Crippen molar-refractivity contribution >= 4 is 29.3 Å². The summed E-state index contributed by atoms with van der Waals surface area (Å²) in [6.07, 6.45) is 0. The number of hydrazine groups is 1. The summed E-state index contributed by atoms with van der Waals surface area (Å²) in [4.78, 5) is 26.5. The van der Waals surface area contributed by atoms with Crippen LogP contribution in [0.25, 0.3) is 0 Å². The Kier molecular flexibility index (Phi) is 7.60. The molecule has 0 saturated carbocycles. The lowest BCUT2D eigenvalue weighted by Gasteiger charge is -2.21. The summed E-state index contributed by atoms with van der Waals surface area (Å²) in [6.45, 7) is 5.84. The molecule has 2 N–H and O–H groups in total. The van der Waals surface area contributed by atoms with Crippen molar-refractivity contribution < 1.29 is 18.4 Å². The summed E-state index contributed by atoms with van der Waals surface area (Å²) in [5.41, 5.74) is 6.07. The number of rotatable bonds is 7. The first-order valence-electron chi connectivity index (χ1n) is 8.46. The molecule has 0 saturated heterocycles. The predicted molar refractivity (Wildman–Crippen MR) is 103 cm³/mol. The molecular weight excluding hydrogens is 372 g/mol. The fourth-order valence-corrected chi connectivity index (χ4v) is 3.08. The second-order valence-electron chi connectivity index (χ2n) is 5.59. The Balaban J connectivity index is 1.82. The fourth-order valence-electron chi connectivity index (χ4n) is 2.36. The Hall–Kier alpha value is -2.61. The number of nitrogens with one attached hydrogen (secondary N) is 2. The van der Waals surface area contributed by atoms with Crippen molar-refractivity contribution in [2.45, 2.75) is 18.7 Å². The van der Waals surface area contributed by atoms with E-state index < -0.39 is 23.4 Å². The van der Waals surface area contributed by atoms with Crippen LogP contribution in [-0.4, -0.2) is 30.7 Å². The van der Waals surface area contributed by atoms with Crippen LogP contribution in [0.15, 0.2) is 47.4 Å². The van der Waals surface area contributed by atoms with Gasteiger partial charge in [0.1, 0.15) is 0 Å². The minimum Gasteiger partial charge on any atom is -0.372 e. The van der Waals surface area contributed by atoms with Gasteiger partial charge >= 0.3 is 0 Å². The SMILES string of the molecule is CCN(CC)c1ccc(C(=O)NNC(=O)CSc2ccc(F)c(F)c2)cc1. The molecule has 8 heteroatoms. The molecule has 0 aliphatic carbocycles. The van der Waals surface area contributed by atoms with Gasteiger partial charge in [-0.2, -0.15) is 0 Å². The van der Waals surface area contributed by atoms with Crippen LogP contribution in [0, 0.1) is 11.6 Å². The molecule has 0 spiro atoms. The van der Waals surface area contributed by atoms with Gasteiger partial charge in [-0.1, -0.05) is 0 Å². The van der Waals surface area contributed by atoms with E-state index >= 15 is 0 Å². The number of halogens is 2. The molecule has 2 aromatic rings. The average molecular weight is 393 g/mol. The minimum absolute atomic E-state index is 0.0494. The first-order valence-corrected chi connectivity index (χ1v) is 9.45. The second-order valence-corrected chi connectivity index (χ2v) is 6.63. The summed E-state index contributed by atoms with van der Waals surface area (Å²) in [5, 5.41) is 0. The summed E-state index contributed by atoms with van der Waals surface area (Å²) >= 11 is 1.03. The number of hydrogen-bond acceptors (Lipinski definition) is 4. The van der Waals surface area contributed by atoms with E-state index in [9.17, 15) is 18.4 Å². The number of nitrogens with zero attached hydrogens (tertiary/aromatic N) is 1. The molecule has 2 rings (SSSR count). The van der Waals surface area contributed by atoms with Crippen molar-refractivity contribution in [3.05, 3.63) is 59.7 Å². The van der Waals surface area contributed by atoms with Crippen LogP contribution in [0.3, 0.4) is 0 Å². The highest BCUT2D eigenvalue weighted by atomic mass is 32.2. The molecule has 0 aromatic heterocycles. The average Bonchev–Trinajstić information content (AvgIpc) is 2.68. The summed E-state index contributed by atoms with van der Waals surface area (Å²) < 4.78 is 26.0. The Labute approximate surface area is 161 Å². The van der Waals surface area contributed by atoms with Gasteiger partial charge in [-0.3, -0.25) is 20.4 Å². The van der Waals surface area contributed by atoms with Crippen molar-refractivity contribution in [1.82, 2.24) is 10.9 Å². The molecule has 0 bridgehead atoms. The number of thioether (sulfide) groups is 1. The van der Waals surface area contributed by atoms with Gasteiger partial charge in [-0.25, -0.2) is 8.78 Å². The molecule has 2 amide bonds. The van der Waals surface area contributed by atoms with E-state index in [-0.39, 0.29) is 5.75 Å². The summed E-state index contributed by atoms with van der Waals surface area (Å²) in [7, 11) is 0. The molecule has 0 heterocycles. The van der Waals surface area contributed by atoms with E-state index in [0.717, 1.165) is 42.7 Å². The van der Waals surface area contributed by atoms with Gasteiger partial charge in [-0.05, 0) is 56.3 Å². The largest absolute Gasteiger partial charge is 0.372 e. The van der Waals surface area contributed by atoms with Gasteiger partial charge in [0.2, 0.25) is 5.91 Å². The molecule has 0 aliphatic rings. The smallest absolute Gasteiger partial charge is 0.269 e. The summed E-state index contributed by atoms with van der Waals surface area (Å²) in [5.74, 6) is -2.86. The van der Waals surface area contributed by atoms with E-state index in [1.54, 1.807) is 12.1 Å². The van der Waals surface area contributed by atoms with Gasteiger partial charge in [-0.15, -0.1) is 11.8 Å². The van der Waals surface area contributed by atoms with E-state index in [4.69, 9.17) is 0 Å². The van der Waals surface area contributed by atoms with Gasteiger partial charge in [0, 0.05) is 29.2 Å². The molecule has 144 valence electrons. The van der Waals surface area contributed by atoms with Gasteiger partial charge in [0.25, 0.3) is 5.91 Å². The second kappa shape index (κ2) is 9.91. The lowest BCUT2D eigenvalue weighted by atomic mass is 10.2. The number of hydrogen-bond donors (Lipinski definition) is 2. The van der Waals surface area contributed by atoms with Gasteiger partial charge in [0.05, 0.1) is 5.75 Å². The quantitative estimate of drug-likeness (QED) is 0.559. The number of anilines is 1. The highest BCUT2D eigenvalue weighted by Gasteiger charge is 2.10. The third kappa shape index (κ3) is 5.96. The fraction of sp³-hybridized carbons (Fsp3) is 0.263. The van der Waals surface area contributed by atoms with Crippen LogP contribution in [0.4, 0.5) is 14.5 Å². The molecule has 0 atom stereocenters. The monoisotopic (exact) mass is 393 g/mol. The Morgan fingerprint density at radius 2 is 1.63 bits per heavy atom. The number of carbonyl (C=O) groups is 2. The summed E-state index contributed by atoms with van der Waals surface area (Å²) in [6, 6.07) is 10.5. The predicted octanol–water partition coefficient (Wildman–Crippen LogP) is 3.36. The highest BCUT2D eigenvalue weighted by Crippen LogP contribution is 2.20. The molecular formula is C19H21F2N3O2S. The van der Waals surface area contributed by atoms with Crippen LogP contribution in [-0.2, 0) is 4.79 Å². The highest BCUT2D eigenvalue weighted by molar-refractivity contribution is 8.00. The van der Waals surface area contributed by atoms with Gasteiger partial charge in [0.15, 0.2) is 11.6 Å². The third-order valence-electron chi connectivity index (χ3n) is 3.83. The van der Waals surface area contributed by atoms with Gasteiger partial charge < -0.3 is 4.90 Å². The molecule has 27 heavy (non-hydrogen) atoms. The topological polar surface area (TPSA) is 61.4 Å². The standard InChI is InChI=1S/C19H21F2N3O2S/c1-3-24(4-2)14-7-5-13(6-8-14)19(26)23-22-18(25)12-27-15-9-10-16(20)17(21)11-15/h5-11H,3-4,12H2,1-2H3,(H,22,25)(H,23,26). The number of amides is 2. The van der Waals surface area contributed by atoms with Crippen LogP contribution < -0.4 is 15.8 Å². The maximum absolute atomic E-state index is 13.1. The van der Waals surface area contributed by atoms with Crippen molar-refractivity contribution in [2.24, 2.45) is 0 Å². The van der Waals surface area contributed by atoms with E-state index in [1.807, 2.05) is 12.1 Å². The molecule has 0 fully saturated rings. The van der Waals surface area contributed by atoms with Crippen molar-refractivity contribution in [3.8, 4) is 0 Å². The van der Waals surface area contributed by atoms with E-state index in [2.05, 4.69) is 29.6 Å². The normalized spacial score (nSPS) is 10.4.